The van der Waals surface area contributed by atoms with Crippen LogP contribution in [0, 0.1) is 0 Å². The van der Waals surface area contributed by atoms with Crippen LogP contribution in [-0.2, 0) is 6.54 Å². The molecule has 0 radical (unpaired) electrons. The zero-order valence-electron chi connectivity index (χ0n) is 10.0. The van der Waals surface area contributed by atoms with Gasteiger partial charge in [-0.15, -0.1) is 0 Å². The molecule has 3 nitrogen and oxygen atoms in total. The first-order chi connectivity index (χ1) is 8.16. The molecule has 1 N–H and O–H groups in total. The van der Waals surface area contributed by atoms with E-state index in [4.69, 9.17) is 0 Å². The maximum atomic E-state index is 4.21. The lowest BCUT2D eigenvalue weighted by atomic mass is 10.2. The fourth-order valence-electron chi connectivity index (χ4n) is 1.56. The van der Waals surface area contributed by atoms with E-state index < -0.39 is 0 Å². The Hall–Kier alpha value is -1.13. The lowest BCUT2D eigenvalue weighted by molar-refractivity contribution is 0.588. The summed E-state index contributed by atoms with van der Waals surface area (Å²) >= 11 is 3.60. The van der Waals surface area contributed by atoms with Gasteiger partial charge in [0.1, 0.15) is 0 Å². The van der Waals surface area contributed by atoms with Crippen molar-refractivity contribution in [3.63, 3.8) is 0 Å². The second-order valence-electron chi connectivity index (χ2n) is 4.26. The van der Waals surface area contributed by atoms with Crippen LogP contribution in [0.1, 0.15) is 19.4 Å². The van der Waals surface area contributed by atoms with Crippen molar-refractivity contribution in [2.45, 2.75) is 26.4 Å². The number of hydrogen-bond donors (Lipinski definition) is 1. The Bertz CT molecular complexity index is 477. The number of rotatable bonds is 4. The molecule has 0 atom stereocenters. The summed E-state index contributed by atoms with van der Waals surface area (Å²) in [4.78, 5) is 0. The number of halogens is 1. The fraction of sp³-hybridized carbons (Fsp3) is 0.308. The fourth-order valence-corrected chi connectivity index (χ4v) is 2.06. The van der Waals surface area contributed by atoms with Gasteiger partial charge in [-0.05, 0) is 23.8 Å². The molecule has 0 spiro atoms. The first-order valence-corrected chi connectivity index (χ1v) is 6.48. The van der Waals surface area contributed by atoms with Gasteiger partial charge in [0.05, 0.1) is 5.69 Å². The molecule has 17 heavy (non-hydrogen) atoms. The molecular weight excluding hydrogens is 278 g/mol. The predicted octanol–water partition coefficient (Wildman–Crippen LogP) is 3.13. The van der Waals surface area contributed by atoms with E-state index in [9.17, 15) is 0 Å². The zero-order valence-corrected chi connectivity index (χ0v) is 11.6. The standard InChI is InChI=1S/C13H16BrN3/c1-10(2)15-9-11-4-5-12(8-13(11)14)17-7-3-6-16-17/h3-8,10,15H,9H2,1-2H3. The van der Waals surface area contributed by atoms with E-state index in [1.807, 2.05) is 16.9 Å². The molecule has 0 fully saturated rings. The smallest absolute Gasteiger partial charge is 0.0656 e. The average molecular weight is 294 g/mol. The highest BCUT2D eigenvalue weighted by atomic mass is 79.9. The molecule has 0 bridgehead atoms. The van der Waals surface area contributed by atoms with E-state index in [1.165, 1.54) is 5.56 Å². The predicted molar refractivity (Wildman–Crippen MR) is 73.2 cm³/mol. The van der Waals surface area contributed by atoms with Crippen molar-refractivity contribution in [1.29, 1.82) is 0 Å². The lowest BCUT2D eigenvalue weighted by Gasteiger charge is -2.11. The minimum absolute atomic E-state index is 0.493. The quantitative estimate of drug-likeness (QED) is 0.939. The Morgan fingerprint density at radius 2 is 2.24 bits per heavy atom. The maximum absolute atomic E-state index is 4.21. The third-order valence-corrected chi connectivity index (χ3v) is 3.24. The first kappa shape index (κ1) is 12.3. The molecule has 0 saturated carbocycles. The summed E-state index contributed by atoms with van der Waals surface area (Å²) in [7, 11) is 0. The van der Waals surface area contributed by atoms with Gasteiger partial charge < -0.3 is 5.32 Å². The topological polar surface area (TPSA) is 29.9 Å². The van der Waals surface area contributed by atoms with Crippen LogP contribution in [0.2, 0.25) is 0 Å². The number of aromatic nitrogens is 2. The Kier molecular flexibility index (Phi) is 3.97. The number of benzene rings is 1. The molecular formula is C13H16BrN3. The maximum Gasteiger partial charge on any atom is 0.0656 e. The third kappa shape index (κ3) is 3.17. The Morgan fingerprint density at radius 1 is 1.41 bits per heavy atom. The zero-order chi connectivity index (χ0) is 12.3. The van der Waals surface area contributed by atoms with Gasteiger partial charge >= 0.3 is 0 Å². The van der Waals surface area contributed by atoms with E-state index in [1.54, 1.807) is 6.20 Å². The van der Waals surface area contributed by atoms with Crippen molar-refractivity contribution in [2.75, 3.05) is 0 Å². The van der Waals surface area contributed by atoms with Crippen LogP contribution in [0.15, 0.2) is 41.1 Å². The van der Waals surface area contributed by atoms with E-state index >= 15 is 0 Å². The summed E-state index contributed by atoms with van der Waals surface area (Å²) in [6, 6.07) is 8.70. The van der Waals surface area contributed by atoms with Crippen LogP contribution in [0.25, 0.3) is 5.69 Å². The molecule has 0 saturated heterocycles. The van der Waals surface area contributed by atoms with E-state index in [2.05, 4.69) is 58.4 Å². The molecule has 4 heteroatoms. The van der Waals surface area contributed by atoms with E-state index in [0.717, 1.165) is 16.7 Å². The summed E-state index contributed by atoms with van der Waals surface area (Å²) in [5.41, 5.74) is 2.32. The minimum atomic E-state index is 0.493. The molecule has 0 unspecified atom stereocenters. The second-order valence-corrected chi connectivity index (χ2v) is 5.12. The highest BCUT2D eigenvalue weighted by molar-refractivity contribution is 9.10. The molecule has 0 aliphatic heterocycles. The van der Waals surface area contributed by atoms with Crippen LogP contribution >= 0.6 is 15.9 Å². The minimum Gasteiger partial charge on any atom is -0.310 e. The van der Waals surface area contributed by atoms with Gasteiger partial charge in [0.2, 0.25) is 0 Å². The summed E-state index contributed by atoms with van der Waals surface area (Å²) in [5.74, 6) is 0. The van der Waals surface area contributed by atoms with Crippen molar-refractivity contribution >= 4 is 15.9 Å². The normalized spacial score (nSPS) is 11.1. The van der Waals surface area contributed by atoms with Crippen molar-refractivity contribution in [3.8, 4) is 5.69 Å². The molecule has 2 aromatic rings. The first-order valence-electron chi connectivity index (χ1n) is 5.68. The summed E-state index contributed by atoms with van der Waals surface area (Å²) in [6.45, 7) is 5.16. The van der Waals surface area contributed by atoms with Crippen molar-refractivity contribution in [1.82, 2.24) is 15.1 Å². The summed E-state index contributed by atoms with van der Waals surface area (Å²) in [6.07, 6.45) is 3.72. The van der Waals surface area contributed by atoms with Gasteiger partial charge in [0, 0.05) is 29.5 Å². The third-order valence-electron chi connectivity index (χ3n) is 2.51. The summed E-state index contributed by atoms with van der Waals surface area (Å²) in [5, 5.41) is 7.62. The Labute approximate surface area is 110 Å². The van der Waals surface area contributed by atoms with Crippen molar-refractivity contribution in [3.05, 3.63) is 46.7 Å². The second kappa shape index (κ2) is 5.47. The van der Waals surface area contributed by atoms with Crippen molar-refractivity contribution < 1.29 is 0 Å². The van der Waals surface area contributed by atoms with E-state index in [-0.39, 0.29) is 0 Å². The number of hydrogen-bond acceptors (Lipinski definition) is 2. The average Bonchev–Trinajstić information content (AvgIpc) is 2.80. The highest BCUT2D eigenvalue weighted by Crippen LogP contribution is 2.20. The van der Waals surface area contributed by atoms with Gasteiger partial charge in [-0.25, -0.2) is 4.68 Å². The molecule has 0 aliphatic rings. The van der Waals surface area contributed by atoms with Gasteiger partial charge in [-0.2, -0.15) is 5.10 Å². The monoisotopic (exact) mass is 293 g/mol. The molecule has 90 valence electrons. The lowest BCUT2D eigenvalue weighted by Crippen LogP contribution is -2.22. The molecule has 1 aromatic heterocycles. The van der Waals surface area contributed by atoms with Gasteiger partial charge in [0.15, 0.2) is 0 Å². The van der Waals surface area contributed by atoms with E-state index in [0.29, 0.717) is 6.04 Å². The molecule has 1 heterocycles. The number of nitrogens with zero attached hydrogens (tertiary/aromatic N) is 2. The number of nitrogens with one attached hydrogen (secondary N) is 1. The summed E-state index contributed by atoms with van der Waals surface area (Å²) < 4.78 is 2.96. The van der Waals surface area contributed by atoms with Gasteiger partial charge in [-0.1, -0.05) is 35.8 Å². The molecule has 2 rings (SSSR count). The highest BCUT2D eigenvalue weighted by Gasteiger charge is 2.03. The van der Waals surface area contributed by atoms with Crippen LogP contribution < -0.4 is 5.32 Å². The molecule has 0 aliphatic carbocycles. The molecule has 0 amide bonds. The van der Waals surface area contributed by atoms with Crippen molar-refractivity contribution in [2.24, 2.45) is 0 Å². The Morgan fingerprint density at radius 3 is 2.82 bits per heavy atom. The Balaban J connectivity index is 2.17. The SMILES string of the molecule is CC(C)NCc1ccc(-n2cccn2)cc1Br. The van der Waals surface area contributed by atoms with Gasteiger partial charge in [-0.3, -0.25) is 0 Å². The van der Waals surface area contributed by atoms with Crippen LogP contribution in [0.4, 0.5) is 0 Å². The molecule has 1 aromatic carbocycles. The van der Waals surface area contributed by atoms with Crippen LogP contribution in [0.3, 0.4) is 0 Å². The van der Waals surface area contributed by atoms with Crippen LogP contribution in [0.5, 0.6) is 0 Å². The largest absolute Gasteiger partial charge is 0.310 e. The van der Waals surface area contributed by atoms with Crippen LogP contribution in [-0.4, -0.2) is 15.8 Å². The van der Waals surface area contributed by atoms with Gasteiger partial charge in [0.25, 0.3) is 0 Å².